The highest BCUT2D eigenvalue weighted by molar-refractivity contribution is 6.00. The van der Waals surface area contributed by atoms with Gasteiger partial charge in [-0.15, -0.1) is 0 Å². The molecular formula is C20H34O5. The Kier molecular flexibility index (Phi) is 8.32. The molecule has 0 aromatic heterocycles. The van der Waals surface area contributed by atoms with E-state index >= 15 is 0 Å². The van der Waals surface area contributed by atoms with Crippen LogP contribution in [-0.2, 0) is 14.3 Å². The van der Waals surface area contributed by atoms with Crippen LogP contribution in [0.25, 0.3) is 0 Å². The molecule has 3 atom stereocenters. The molecule has 0 bridgehead atoms. The Bertz CT molecular complexity index is 518. The molecule has 1 unspecified atom stereocenters. The van der Waals surface area contributed by atoms with Crippen molar-refractivity contribution in [2.45, 2.75) is 79.8 Å². The van der Waals surface area contributed by atoms with Gasteiger partial charge in [-0.25, -0.2) is 0 Å². The van der Waals surface area contributed by atoms with E-state index in [1.54, 1.807) is 0 Å². The summed E-state index contributed by atoms with van der Waals surface area (Å²) in [6.07, 6.45) is 0.00260. The van der Waals surface area contributed by atoms with Gasteiger partial charge in [-0.2, -0.15) is 0 Å². The number of hydrogen-bond donors (Lipinski definition) is 2. The monoisotopic (exact) mass is 354 g/mol. The smallest absolute Gasteiger partial charge is 0.169 e. The van der Waals surface area contributed by atoms with Crippen LogP contribution < -0.4 is 0 Å². The van der Waals surface area contributed by atoms with E-state index < -0.39 is 18.5 Å². The van der Waals surface area contributed by atoms with Crippen molar-refractivity contribution in [3.05, 3.63) is 22.5 Å². The van der Waals surface area contributed by atoms with Crippen LogP contribution in [0.2, 0.25) is 0 Å². The van der Waals surface area contributed by atoms with Gasteiger partial charge in [0.2, 0.25) is 0 Å². The highest BCUT2D eigenvalue weighted by Crippen LogP contribution is 2.29. The lowest BCUT2D eigenvalue weighted by atomic mass is 9.88. The van der Waals surface area contributed by atoms with E-state index in [1.807, 2.05) is 48.5 Å². The number of carbonyl (C=O) groups excluding carboxylic acids is 1. The van der Waals surface area contributed by atoms with E-state index in [2.05, 4.69) is 0 Å². The normalized spacial score (nSPS) is 23.4. The topological polar surface area (TPSA) is 76.0 Å². The zero-order valence-corrected chi connectivity index (χ0v) is 16.6. The van der Waals surface area contributed by atoms with Gasteiger partial charge in [0, 0.05) is 17.9 Å². The van der Waals surface area contributed by atoms with E-state index in [0.29, 0.717) is 24.0 Å². The first-order chi connectivity index (χ1) is 11.6. The molecule has 0 amide bonds. The first kappa shape index (κ1) is 21.9. The first-order valence-corrected chi connectivity index (χ1v) is 9.16. The summed E-state index contributed by atoms with van der Waals surface area (Å²) in [5.41, 5.74) is 1.87. The van der Waals surface area contributed by atoms with Crippen LogP contribution >= 0.6 is 0 Å². The molecule has 1 saturated heterocycles. The number of Topliss-reactive ketones (excluding diaryl/α,β-unsaturated/α-hetero) is 1. The number of ketones is 1. The Morgan fingerprint density at radius 2 is 1.68 bits per heavy atom. The number of allylic oxidation sites excluding steroid dienone is 2. The Balaban J connectivity index is 3.11. The molecule has 0 aromatic rings. The van der Waals surface area contributed by atoms with E-state index in [-0.39, 0.29) is 30.0 Å². The molecule has 1 rings (SSSR count). The number of rotatable bonds is 7. The highest BCUT2D eigenvalue weighted by atomic mass is 16.7. The predicted octanol–water partition coefficient (Wildman–Crippen LogP) is 3.92. The largest absolute Gasteiger partial charge is 0.507 e. The molecule has 1 aliphatic rings. The number of aliphatic hydroxyl groups is 2. The number of ether oxygens (including phenoxy) is 2. The molecule has 1 fully saturated rings. The lowest BCUT2D eigenvalue weighted by molar-refractivity contribution is -0.199. The summed E-state index contributed by atoms with van der Waals surface area (Å²) in [5, 5.41) is 20.4. The van der Waals surface area contributed by atoms with Crippen LogP contribution in [0.4, 0.5) is 0 Å². The van der Waals surface area contributed by atoms with Crippen LogP contribution in [0.5, 0.6) is 0 Å². The third-order valence-electron chi connectivity index (χ3n) is 4.41. The Labute approximate surface area is 151 Å². The summed E-state index contributed by atoms with van der Waals surface area (Å²) < 4.78 is 11.5. The molecule has 1 aliphatic heterocycles. The van der Waals surface area contributed by atoms with Gasteiger partial charge < -0.3 is 19.7 Å². The summed E-state index contributed by atoms with van der Waals surface area (Å²) in [7, 11) is 0. The SMILES string of the molecule is CC(C)=C(C(=O)C(C)C)/C(O)=C(\C(C)C)[C@H](C)OC1CC[C@H](O)CO1. The van der Waals surface area contributed by atoms with Gasteiger partial charge in [-0.3, -0.25) is 4.79 Å². The van der Waals surface area contributed by atoms with Crippen LogP contribution in [0.3, 0.4) is 0 Å². The standard InChI is InChI=1S/C20H34O5/c1-11(2)17(14(7)25-16-9-8-15(21)10-24-16)20(23)18(12(3)4)19(22)13(5)6/h11,13-16,21,23H,8-10H2,1-7H3/b20-17-/t14-,15-,16?/m0/s1. The maximum Gasteiger partial charge on any atom is 0.169 e. The van der Waals surface area contributed by atoms with Crippen molar-refractivity contribution in [1.29, 1.82) is 0 Å². The van der Waals surface area contributed by atoms with Crippen molar-refractivity contribution in [1.82, 2.24) is 0 Å². The second-order valence-electron chi connectivity index (χ2n) is 7.62. The highest BCUT2D eigenvalue weighted by Gasteiger charge is 2.29. The third-order valence-corrected chi connectivity index (χ3v) is 4.41. The van der Waals surface area contributed by atoms with Gasteiger partial charge in [0.15, 0.2) is 12.1 Å². The van der Waals surface area contributed by atoms with Crippen molar-refractivity contribution < 1.29 is 24.5 Å². The summed E-state index contributed by atoms with van der Waals surface area (Å²) in [6.45, 7) is 13.4. The average Bonchev–Trinajstić information content (AvgIpc) is 2.48. The van der Waals surface area contributed by atoms with Gasteiger partial charge in [0.1, 0.15) is 5.76 Å². The molecule has 0 spiro atoms. The minimum Gasteiger partial charge on any atom is -0.507 e. The third kappa shape index (κ3) is 5.94. The van der Waals surface area contributed by atoms with Crippen LogP contribution in [0, 0.1) is 11.8 Å². The second kappa shape index (κ2) is 9.51. The van der Waals surface area contributed by atoms with Crippen molar-refractivity contribution in [3.63, 3.8) is 0 Å². The number of hydrogen-bond acceptors (Lipinski definition) is 5. The maximum atomic E-state index is 12.6. The average molecular weight is 354 g/mol. The van der Waals surface area contributed by atoms with Crippen molar-refractivity contribution >= 4 is 5.78 Å². The quantitative estimate of drug-likeness (QED) is 0.412. The second-order valence-corrected chi connectivity index (χ2v) is 7.62. The Morgan fingerprint density at radius 3 is 2.08 bits per heavy atom. The maximum absolute atomic E-state index is 12.6. The molecule has 1 heterocycles. The van der Waals surface area contributed by atoms with Gasteiger partial charge >= 0.3 is 0 Å². The van der Waals surface area contributed by atoms with Gasteiger partial charge in [-0.1, -0.05) is 33.3 Å². The molecule has 0 saturated carbocycles. The molecule has 0 radical (unpaired) electrons. The summed E-state index contributed by atoms with van der Waals surface area (Å²) in [6, 6.07) is 0. The molecular weight excluding hydrogens is 320 g/mol. The zero-order chi connectivity index (χ0) is 19.3. The summed E-state index contributed by atoms with van der Waals surface area (Å²) in [4.78, 5) is 12.6. The molecule has 25 heavy (non-hydrogen) atoms. The lowest BCUT2D eigenvalue weighted by Gasteiger charge is -2.31. The molecule has 2 N–H and O–H groups in total. The van der Waals surface area contributed by atoms with Crippen LogP contribution in [0.1, 0.15) is 61.3 Å². The molecule has 0 aromatic carbocycles. The van der Waals surface area contributed by atoms with Crippen LogP contribution in [0.15, 0.2) is 22.5 Å². The number of aliphatic hydroxyl groups excluding tert-OH is 2. The predicted molar refractivity (Wildman–Crippen MR) is 98.2 cm³/mol. The van der Waals surface area contributed by atoms with E-state index in [9.17, 15) is 15.0 Å². The summed E-state index contributed by atoms with van der Waals surface area (Å²) >= 11 is 0. The van der Waals surface area contributed by atoms with Crippen molar-refractivity contribution in [2.75, 3.05) is 6.61 Å². The fourth-order valence-electron chi connectivity index (χ4n) is 3.09. The van der Waals surface area contributed by atoms with Gasteiger partial charge in [0.05, 0.1) is 24.4 Å². The van der Waals surface area contributed by atoms with Crippen molar-refractivity contribution in [2.24, 2.45) is 11.8 Å². The van der Waals surface area contributed by atoms with Gasteiger partial charge in [0.25, 0.3) is 0 Å². The van der Waals surface area contributed by atoms with E-state index in [1.165, 1.54) is 0 Å². The molecule has 5 nitrogen and oxygen atoms in total. The minimum absolute atomic E-state index is 0.0125. The Morgan fingerprint density at radius 1 is 1.08 bits per heavy atom. The molecule has 144 valence electrons. The zero-order valence-electron chi connectivity index (χ0n) is 16.6. The van der Waals surface area contributed by atoms with E-state index in [0.717, 1.165) is 5.57 Å². The lowest BCUT2D eigenvalue weighted by Crippen LogP contribution is -2.34. The summed E-state index contributed by atoms with van der Waals surface area (Å²) in [5.74, 6) is -0.227. The minimum atomic E-state index is -0.440. The van der Waals surface area contributed by atoms with E-state index in [4.69, 9.17) is 9.47 Å². The number of carbonyl (C=O) groups is 1. The molecule has 5 heteroatoms. The fraction of sp³-hybridized carbons (Fsp3) is 0.750. The fourth-order valence-corrected chi connectivity index (χ4v) is 3.09. The van der Waals surface area contributed by atoms with Crippen LogP contribution in [-0.4, -0.2) is 41.1 Å². The Hall–Kier alpha value is -1.17. The van der Waals surface area contributed by atoms with Gasteiger partial charge in [-0.05, 0) is 33.1 Å². The van der Waals surface area contributed by atoms with Crippen molar-refractivity contribution in [3.8, 4) is 0 Å². The molecule has 0 aliphatic carbocycles. The first-order valence-electron chi connectivity index (χ1n) is 9.16.